The van der Waals surface area contributed by atoms with Gasteiger partial charge in [-0.1, -0.05) is 0 Å². The van der Waals surface area contributed by atoms with Gasteiger partial charge in [-0.25, -0.2) is 0 Å². The summed E-state index contributed by atoms with van der Waals surface area (Å²) in [7, 11) is 6.49. The molecule has 2 heterocycles. The molecule has 0 spiro atoms. The molecule has 1 amide bonds. The van der Waals surface area contributed by atoms with Crippen LogP contribution in [0.2, 0.25) is 0 Å². The monoisotopic (exact) mass is 463 g/mol. The first-order chi connectivity index (χ1) is 16.0. The smallest absolute Gasteiger partial charge is 0.225 e. The number of nitrogens with one attached hydrogen (secondary N) is 1. The molecule has 0 radical (unpaired) electrons. The molecule has 0 saturated carbocycles. The lowest BCUT2D eigenvalue weighted by atomic mass is 9.82. The maximum Gasteiger partial charge on any atom is 0.225 e. The van der Waals surface area contributed by atoms with E-state index in [4.69, 9.17) is 18.9 Å². The van der Waals surface area contributed by atoms with Crippen molar-refractivity contribution < 1.29 is 23.7 Å². The van der Waals surface area contributed by atoms with Crippen LogP contribution >= 0.6 is 11.3 Å². The third-order valence-corrected chi connectivity index (χ3v) is 7.52. The molecule has 0 fully saturated rings. The highest BCUT2D eigenvalue weighted by Gasteiger charge is 2.33. The predicted molar refractivity (Wildman–Crippen MR) is 132 cm³/mol. The summed E-state index contributed by atoms with van der Waals surface area (Å²) in [5, 5.41) is 9.09. The molecule has 0 bridgehead atoms. The lowest BCUT2D eigenvalue weighted by Crippen LogP contribution is -2.24. The van der Waals surface area contributed by atoms with Crippen molar-refractivity contribution in [3.63, 3.8) is 0 Å². The zero-order chi connectivity index (χ0) is 23.3. The fourth-order valence-electron chi connectivity index (χ4n) is 4.85. The number of carbonyl (C=O) groups is 1. The van der Waals surface area contributed by atoms with Crippen LogP contribution < -0.4 is 24.3 Å². The van der Waals surface area contributed by atoms with Crippen molar-refractivity contribution in [2.24, 2.45) is 0 Å². The minimum Gasteiger partial charge on any atom is -0.493 e. The van der Waals surface area contributed by atoms with Crippen LogP contribution in [0.5, 0.6) is 23.0 Å². The topological polar surface area (TPSA) is 66.0 Å². The third-order valence-electron chi connectivity index (χ3n) is 6.39. The fraction of sp³-hybridized carbons (Fsp3) is 0.269. The van der Waals surface area contributed by atoms with Crippen molar-refractivity contribution in [2.45, 2.75) is 19.3 Å². The van der Waals surface area contributed by atoms with Gasteiger partial charge in [-0.15, -0.1) is 11.3 Å². The van der Waals surface area contributed by atoms with Crippen LogP contribution in [0.4, 0.5) is 5.69 Å². The third kappa shape index (κ3) is 3.26. The van der Waals surface area contributed by atoms with Gasteiger partial charge in [0.15, 0.2) is 23.0 Å². The van der Waals surface area contributed by atoms with Crippen LogP contribution in [0, 0.1) is 6.92 Å². The molecule has 1 unspecified atom stereocenters. The normalized spacial score (nSPS) is 15.3. The molecular weight excluding hydrogens is 438 g/mol. The summed E-state index contributed by atoms with van der Waals surface area (Å²) < 4.78 is 22.5. The summed E-state index contributed by atoms with van der Waals surface area (Å²) in [6.07, 6.45) is 0.386. The van der Waals surface area contributed by atoms with Gasteiger partial charge in [-0.2, -0.15) is 0 Å². The standard InChI is InChI=1S/C26H25NO5S/c1-13-6-7-33-26(13)18-12-23(28)27-25-17-11-22(32-5)20(30-3)9-15(17)14-8-19(29-2)21(31-4)10-16(14)24(18)25/h6-11,18H,12H2,1-5H3,(H,27,28). The van der Waals surface area contributed by atoms with Gasteiger partial charge in [-0.3, -0.25) is 4.79 Å². The zero-order valence-electron chi connectivity index (χ0n) is 19.2. The molecule has 1 N–H and O–H groups in total. The van der Waals surface area contributed by atoms with E-state index in [1.807, 2.05) is 24.3 Å². The molecule has 0 aliphatic carbocycles. The van der Waals surface area contributed by atoms with Crippen molar-refractivity contribution in [3.8, 4) is 23.0 Å². The zero-order valence-corrected chi connectivity index (χ0v) is 20.0. The Morgan fingerprint density at radius 3 is 1.85 bits per heavy atom. The lowest BCUT2D eigenvalue weighted by molar-refractivity contribution is -0.116. The summed E-state index contributed by atoms with van der Waals surface area (Å²) in [5.74, 6) is 2.45. The number of aryl methyl sites for hydroxylation is 1. The Balaban J connectivity index is 1.98. The van der Waals surface area contributed by atoms with Crippen LogP contribution in [0.1, 0.15) is 28.3 Å². The highest BCUT2D eigenvalue weighted by Crippen LogP contribution is 2.51. The lowest BCUT2D eigenvalue weighted by Gasteiger charge is -2.29. The number of benzene rings is 3. The summed E-state index contributed by atoms with van der Waals surface area (Å²) >= 11 is 1.69. The Hall–Kier alpha value is -3.45. The van der Waals surface area contributed by atoms with Gasteiger partial charge in [0, 0.05) is 22.6 Å². The SMILES string of the molecule is COc1cc2c3c(c4cc(OC)c(OC)cc4c2cc1OC)C(c1sccc1C)CC(=O)N3. The molecule has 1 atom stereocenters. The average molecular weight is 464 g/mol. The summed E-state index contributed by atoms with van der Waals surface area (Å²) in [6, 6.07) is 10.0. The molecule has 7 heteroatoms. The Morgan fingerprint density at radius 2 is 1.33 bits per heavy atom. The number of anilines is 1. The van der Waals surface area contributed by atoms with E-state index in [-0.39, 0.29) is 11.8 Å². The van der Waals surface area contributed by atoms with Crippen molar-refractivity contribution in [1.82, 2.24) is 0 Å². The molecular formula is C26H25NO5S. The van der Waals surface area contributed by atoms with Gasteiger partial charge < -0.3 is 24.3 Å². The molecule has 3 aromatic carbocycles. The number of ether oxygens (including phenoxy) is 4. The van der Waals surface area contributed by atoms with E-state index < -0.39 is 0 Å². The number of hydrogen-bond acceptors (Lipinski definition) is 6. The molecule has 0 saturated heterocycles. The first-order valence-corrected chi connectivity index (χ1v) is 11.5. The van der Waals surface area contributed by atoms with Crippen LogP contribution in [-0.2, 0) is 4.79 Å². The quantitative estimate of drug-likeness (QED) is 0.375. The molecule has 5 rings (SSSR count). The molecule has 6 nitrogen and oxygen atoms in total. The summed E-state index contributed by atoms with van der Waals surface area (Å²) in [6.45, 7) is 2.10. The van der Waals surface area contributed by atoms with Gasteiger partial charge in [0.25, 0.3) is 0 Å². The highest BCUT2D eigenvalue weighted by atomic mass is 32.1. The van der Waals surface area contributed by atoms with E-state index in [1.54, 1.807) is 39.8 Å². The second kappa shape index (κ2) is 8.15. The van der Waals surface area contributed by atoms with Gasteiger partial charge in [0.2, 0.25) is 5.91 Å². The predicted octanol–water partition coefficient (Wildman–Crippen LogP) is 5.87. The largest absolute Gasteiger partial charge is 0.493 e. The number of carbonyl (C=O) groups excluding carboxylic acids is 1. The maximum absolute atomic E-state index is 12.9. The Labute approximate surface area is 196 Å². The Bertz CT molecular complexity index is 1410. The Kier molecular flexibility index (Phi) is 5.29. The van der Waals surface area contributed by atoms with E-state index in [0.717, 1.165) is 32.8 Å². The summed E-state index contributed by atoms with van der Waals surface area (Å²) in [5.41, 5.74) is 3.07. The molecule has 4 aromatic rings. The fourth-order valence-corrected chi connectivity index (χ4v) is 5.89. The van der Waals surface area contributed by atoms with Crippen molar-refractivity contribution in [3.05, 3.63) is 51.7 Å². The average Bonchev–Trinajstić information content (AvgIpc) is 3.27. The van der Waals surface area contributed by atoms with Crippen molar-refractivity contribution in [1.29, 1.82) is 0 Å². The van der Waals surface area contributed by atoms with Crippen LogP contribution in [0.15, 0.2) is 35.7 Å². The van der Waals surface area contributed by atoms with Crippen LogP contribution in [0.25, 0.3) is 21.5 Å². The Morgan fingerprint density at radius 1 is 0.818 bits per heavy atom. The van der Waals surface area contributed by atoms with Crippen LogP contribution in [-0.4, -0.2) is 34.3 Å². The number of rotatable bonds is 5. The van der Waals surface area contributed by atoms with Gasteiger partial charge in [0.1, 0.15) is 0 Å². The number of amides is 1. The molecule has 1 aliphatic heterocycles. The van der Waals surface area contributed by atoms with E-state index in [0.29, 0.717) is 29.4 Å². The van der Waals surface area contributed by atoms with Crippen molar-refractivity contribution >= 4 is 44.5 Å². The second-order valence-corrected chi connectivity index (χ2v) is 9.01. The van der Waals surface area contributed by atoms with Crippen LogP contribution in [0.3, 0.4) is 0 Å². The molecule has 170 valence electrons. The second-order valence-electron chi connectivity index (χ2n) is 8.07. The number of fused-ring (bicyclic) bond motifs is 6. The van der Waals surface area contributed by atoms with Gasteiger partial charge in [-0.05, 0) is 69.9 Å². The molecule has 1 aliphatic rings. The number of hydrogen-bond donors (Lipinski definition) is 1. The minimum absolute atomic E-state index is 0.00351. The van der Waals surface area contributed by atoms with E-state index in [1.165, 1.54) is 10.4 Å². The summed E-state index contributed by atoms with van der Waals surface area (Å²) in [4.78, 5) is 14.1. The highest BCUT2D eigenvalue weighted by molar-refractivity contribution is 7.10. The number of methoxy groups -OCH3 is 4. The maximum atomic E-state index is 12.9. The van der Waals surface area contributed by atoms with Gasteiger partial charge in [0.05, 0.1) is 34.1 Å². The van der Waals surface area contributed by atoms with E-state index >= 15 is 0 Å². The van der Waals surface area contributed by atoms with E-state index in [9.17, 15) is 4.79 Å². The first kappa shape index (κ1) is 21.4. The van der Waals surface area contributed by atoms with Gasteiger partial charge >= 0.3 is 0 Å². The molecule has 33 heavy (non-hydrogen) atoms. The first-order valence-electron chi connectivity index (χ1n) is 10.6. The van der Waals surface area contributed by atoms with Crippen molar-refractivity contribution in [2.75, 3.05) is 33.8 Å². The minimum atomic E-state index is -0.0631. The molecule has 1 aromatic heterocycles. The number of thiophene rings is 1. The van der Waals surface area contributed by atoms with E-state index in [2.05, 4.69) is 23.7 Å².